The van der Waals surface area contributed by atoms with Crippen molar-refractivity contribution < 1.29 is 14.7 Å². The highest BCUT2D eigenvalue weighted by Gasteiger charge is 2.64. The summed E-state index contributed by atoms with van der Waals surface area (Å²) in [5.74, 6) is 2.59. The largest absolute Gasteiger partial charge is 0.393 e. The normalized spacial score (nSPS) is 53.9. The van der Waals surface area contributed by atoms with E-state index in [2.05, 4.69) is 13.8 Å². The van der Waals surface area contributed by atoms with Crippen LogP contribution in [0, 0.1) is 40.4 Å². The molecule has 4 aliphatic carbocycles. The van der Waals surface area contributed by atoms with Gasteiger partial charge in [-0.25, -0.2) is 0 Å². The molecule has 4 aliphatic rings. The molecule has 1 N–H and O–H groups in total. The lowest BCUT2D eigenvalue weighted by Crippen LogP contribution is -2.57. The Hall–Kier alpha value is -0.700. The molecule has 134 valence electrons. The van der Waals surface area contributed by atoms with Crippen LogP contribution < -0.4 is 0 Å². The number of aliphatic hydroxyl groups excluding tert-OH is 1. The van der Waals surface area contributed by atoms with Gasteiger partial charge in [0.05, 0.1) is 6.10 Å². The van der Waals surface area contributed by atoms with E-state index < -0.39 is 5.41 Å². The highest BCUT2D eigenvalue weighted by atomic mass is 16.3. The molecule has 0 radical (unpaired) electrons. The molecule has 0 bridgehead atoms. The second-order valence-corrected chi connectivity index (χ2v) is 9.74. The van der Waals surface area contributed by atoms with Crippen LogP contribution in [0.15, 0.2) is 0 Å². The monoisotopic (exact) mass is 332 g/mol. The molecule has 0 amide bonds. The molecular formula is C21H32O3. The lowest BCUT2D eigenvalue weighted by atomic mass is 9.44. The first-order valence-corrected chi connectivity index (χ1v) is 10.00. The highest BCUT2D eigenvalue weighted by Crippen LogP contribution is 2.66. The van der Waals surface area contributed by atoms with Crippen molar-refractivity contribution in [3.05, 3.63) is 0 Å². The van der Waals surface area contributed by atoms with Crippen LogP contribution in [0.3, 0.4) is 0 Å². The SMILES string of the molecule is CC(=O)C1CCC2C3CCC4CC(O)CCC4(C)C3CC(=O)C12C. The summed E-state index contributed by atoms with van der Waals surface area (Å²) in [6.07, 6.45) is 7.75. The van der Waals surface area contributed by atoms with Gasteiger partial charge in [-0.1, -0.05) is 13.8 Å². The average molecular weight is 332 g/mol. The Kier molecular flexibility index (Phi) is 3.77. The molecule has 0 heterocycles. The summed E-state index contributed by atoms with van der Waals surface area (Å²) >= 11 is 0. The molecule has 24 heavy (non-hydrogen) atoms. The fourth-order valence-corrected chi connectivity index (χ4v) is 7.59. The summed E-state index contributed by atoms with van der Waals surface area (Å²) in [5.41, 5.74) is -0.183. The van der Waals surface area contributed by atoms with Crippen LogP contribution in [-0.4, -0.2) is 22.8 Å². The van der Waals surface area contributed by atoms with E-state index in [1.54, 1.807) is 6.92 Å². The summed E-state index contributed by atoms with van der Waals surface area (Å²) in [6, 6.07) is 0. The molecule has 8 atom stereocenters. The predicted molar refractivity (Wildman–Crippen MR) is 92.3 cm³/mol. The molecule has 4 saturated carbocycles. The number of carbonyl (C=O) groups excluding carboxylic acids is 2. The van der Waals surface area contributed by atoms with E-state index in [1.807, 2.05) is 0 Å². The number of Topliss-reactive ketones (excluding diaryl/α,β-unsaturated/α-hetero) is 2. The molecule has 0 aromatic heterocycles. The van der Waals surface area contributed by atoms with E-state index in [-0.39, 0.29) is 23.2 Å². The number of ketones is 2. The zero-order valence-electron chi connectivity index (χ0n) is 15.4. The summed E-state index contributed by atoms with van der Waals surface area (Å²) in [4.78, 5) is 25.4. The van der Waals surface area contributed by atoms with Crippen molar-refractivity contribution in [2.24, 2.45) is 40.4 Å². The lowest BCUT2D eigenvalue weighted by molar-refractivity contribution is -0.161. The van der Waals surface area contributed by atoms with Gasteiger partial charge in [-0.3, -0.25) is 9.59 Å². The molecular weight excluding hydrogens is 300 g/mol. The van der Waals surface area contributed by atoms with E-state index in [0.29, 0.717) is 35.9 Å². The predicted octanol–water partition coefficient (Wildman–Crippen LogP) is 3.77. The minimum Gasteiger partial charge on any atom is -0.393 e. The lowest BCUT2D eigenvalue weighted by Gasteiger charge is -2.60. The van der Waals surface area contributed by atoms with Crippen LogP contribution in [0.5, 0.6) is 0 Å². The molecule has 4 fully saturated rings. The van der Waals surface area contributed by atoms with Gasteiger partial charge < -0.3 is 5.11 Å². The standard InChI is InChI=1S/C21H32O3/c1-12(22)16-6-7-17-15-5-4-13-10-14(23)8-9-20(13,2)18(15)11-19(24)21(16,17)3/h13-18,23H,4-11H2,1-3H3. The minimum atomic E-state index is -0.398. The maximum absolute atomic E-state index is 13.2. The zero-order chi connectivity index (χ0) is 17.3. The maximum Gasteiger partial charge on any atom is 0.140 e. The second kappa shape index (κ2) is 5.40. The smallest absolute Gasteiger partial charge is 0.140 e. The molecule has 0 saturated heterocycles. The summed E-state index contributed by atoms with van der Waals surface area (Å²) in [5, 5.41) is 10.1. The van der Waals surface area contributed by atoms with Crippen molar-refractivity contribution in [2.45, 2.75) is 78.2 Å². The number of carbonyl (C=O) groups is 2. The topological polar surface area (TPSA) is 54.4 Å². The fourth-order valence-electron chi connectivity index (χ4n) is 7.59. The van der Waals surface area contributed by atoms with Crippen LogP contribution in [0.2, 0.25) is 0 Å². The van der Waals surface area contributed by atoms with Crippen LogP contribution in [-0.2, 0) is 9.59 Å². The number of fused-ring (bicyclic) bond motifs is 5. The Balaban J connectivity index is 1.68. The molecule has 0 aromatic rings. The van der Waals surface area contributed by atoms with Gasteiger partial charge in [-0.05, 0) is 81.0 Å². The first kappa shape index (κ1) is 16.8. The van der Waals surface area contributed by atoms with Crippen molar-refractivity contribution in [1.29, 1.82) is 0 Å². The van der Waals surface area contributed by atoms with Crippen LogP contribution in [0.25, 0.3) is 0 Å². The van der Waals surface area contributed by atoms with Gasteiger partial charge in [0, 0.05) is 17.8 Å². The van der Waals surface area contributed by atoms with Crippen molar-refractivity contribution in [2.75, 3.05) is 0 Å². The van der Waals surface area contributed by atoms with Crippen LogP contribution in [0.1, 0.15) is 72.1 Å². The van der Waals surface area contributed by atoms with Gasteiger partial charge in [0.2, 0.25) is 0 Å². The number of hydrogen-bond donors (Lipinski definition) is 1. The molecule has 8 unspecified atom stereocenters. The molecule has 0 aromatic carbocycles. The summed E-state index contributed by atoms with van der Waals surface area (Å²) < 4.78 is 0. The van der Waals surface area contributed by atoms with Crippen LogP contribution >= 0.6 is 0 Å². The molecule has 0 aliphatic heterocycles. The van der Waals surface area contributed by atoms with E-state index in [0.717, 1.165) is 32.1 Å². The second-order valence-electron chi connectivity index (χ2n) is 9.74. The van der Waals surface area contributed by atoms with E-state index >= 15 is 0 Å². The Morgan fingerprint density at radius 2 is 1.83 bits per heavy atom. The van der Waals surface area contributed by atoms with Gasteiger partial charge in [0.25, 0.3) is 0 Å². The Bertz CT molecular complexity index is 569. The third-order valence-electron chi connectivity index (χ3n) is 8.99. The van der Waals surface area contributed by atoms with Crippen molar-refractivity contribution in [3.8, 4) is 0 Å². The highest BCUT2D eigenvalue weighted by molar-refractivity contribution is 5.93. The third kappa shape index (κ3) is 2.06. The van der Waals surface area contributed by atoms with E-state index in [9.17, 15) is 14.7 Å². The van der Waals surface area contributed by atoms with E-state index in [4.69, 9.17) is 0 Å². The summed E-state index contributed by atoms with van der Waals surface area (Å²) in [7, 11) is 0. The first-order chi connectivity index (χ1) is 11.3. The molecule has 0 spiro atoms. The maximum atomic E-state index is 13.2. The summed E-state index contributed by atoms with van der Waals surface area (Å²) in [6.45, 7) is 6.18. The number of hydrogen-bond acceptors (Lipinski definition) is 3. The minimum absolute atomic E-state index is 0.0466. The Labute approximate surface area is 145 Å². The average Bonchev–Trinajstić information content (AvgIpc) is 2.88. The van der Waals surface area contributed by atoms with E-state index in [1.165, 1.54) is 12.8 Å². The number of rotatable bonds is 1. The Morgan fingerprint density at radius 1 is 1.08 bits per heavy atom. The molecule has 4 rings (SSSR count). The molecule has 3 heteroatoms. The van der Waals surface area contributed by atoms with Gasteiger partial charge in [0.15, 0.2) is 0 Å². The number of aliphatic hydroxyl groups is 1. The van der Waals surface area contributed by atoms with Crippen molar-refractivity contribution >= 4 is 11.6 Å². The van der Waals surface area contributed by atoms with Crippen molar-refractivity contribution in [1.82, 2.24) is 0 Å². The molecule has 3 nitrogen and oxygen atoms in total. The Morgan fingerprint density at radius 3 is 2.54 bits per heavy atom. The van der Waals surface area contributed by atoms with Gasteiger partial charge in [-0.2, -0.15) is 0 Å². The van der Waals surface area contributed by atoms with Crippen LogP contribution in [0.4, 0.5) is 0 Å². The van der Waals surface area contributed by atoms with Gasteiger partial charge >= 0.3 is 0 Å². The zero-order valence-corrected chi connectivity index (χ0v) is 15.4. The van der Waals surface area contributed by atoms with Gasteiger partial charge in [-0.15, -0.1) is 0 Å². The third-order valence-corrected chi connectivity index (χ3v) is 8.99. The fraction of sp³-hybridized carbons (Fsp3) is 0.905. The van der Waals surface area contributed by atoms with Crippen molar-refractivity contribution in [3.63, 3.8) is 0 Å². The first-order valence-electron chi connectivity index (χ1n) is 10.00. The quantitative estimate of drug-likeness (QED) is 0.795. The van der Waals surface area contributed by atoms with Gasteiger partial charge in [0.1, 0.15) is 11.6 Å².